The Morgan fingerprint density at radius 2 is 1.46 bits per heavy atom. The van der Waals surface area contributed by atoms with E-state index in [2.05, 4.69) is 12.2 Å². The maximum Gasteiger partial charge on any atom is 0.238 e. The Morgan fingerprint density at radius 3 is 2.08 bits per heavy atom. The maximum atomic E-state index is 12.8. The number of carbonyl (C=O) groups is 2. The molecule has 2 amide bonds. The summed E-state index contributed by atoms with van der Waals surface area (Å²) < 4.78 is 5.78. The highest BCUT2D eigenvalue weighted by Crippen LogP contribution is 2.53. The van der Waals surface area contributed by atoms with Gasteiger partial charge in [0.25, 0.3) is 0 Å². The molecule has 0 N–H and O–H groups in total. The van der Waals surface area contributed by atoms with E-state index < -0.39 is 0 Å². The molecule has 1 saturated carbocycles. The monoisotopic (exact) mass is 345 g/mol. The van der Waals surface area contributed by atoms with Gasteiger partial charge in [0.2, 0.25) is 11.8 Å². The summed E-state index contributed by atoms with van der Waals surface area (Å²) in [7, 11) is 0. The van der Waals surface area contributed by atoms with Gasteiger partial charge < -0.3 is 4.74 Å². The normalized spacial score (nSPS) is 28.7. The number of allylic oxidation sites excluding steroid dienone is 2. The zero-order chi connectivity index (χ0) is 17.7. The highest BCUT2D eigenvalue weighted by Gasteiger charge is 2.59. The van der Waals surface area contributed by atoms with Gasteiger partial charge in [-0.15, -0.1) is 0 Å². The summed E-state index contributed by atoms with van der Waals surface area (Å²) in [6.45, 7) is 0.487. The molecule has 3 aliphatic rings. The number of rotatable bonds is 4. The zero-order valence-electron chi connectivity index (χ0n) is 14.2. The summed E-state index contributed by atoms with van der Waals surface area (Å²) in [6, 6.07) is 17.2. The van der Waals surface area contributed by atoms with Crippen molar-refractivity contribution in [2.24, 2.45) is 23.7 Å². The van der Waals surface area contributed by atoms with Crippen molar-refractivity contribution in [1.82, 2.24) is 0 Å². The van der Waals surface area contributed by atoms with Crippen LogP contribution in [0.15, 0.2) is 66.7 Å². The van der Waals surface area contributed by atoms with Crippen molar-refractivity contribution in [2.45, 2.75) is 13.0 Å². The average Bonchev–Trinajstić information content (AvgIpc) is 3.35. The molecule has 2 bridgehead atoms. The van der Waals surface area contributed by atoms with E-state index >= 15 is 0 Å². The Morgan fingerprint density at radius 1 is 0.846 bits per heavy atom. The minimum atomic E-state index is -0.161. The van der Waals surface area contributed by atoms with E-state index in [4.69, 9.17) is 4.74 Å². The third-order valence-electron chi connectivity index (χ3n) is 5.81. The molecule has 2 aromatic rings. The first-order valence-corrected chi connectivity index (χ1v) is 9.05. The van der Waals surface area contributed by atoms with E-state index in [-0.39, 0.29) is 35.5 Å². The van der Waals surface area contributed by atoms with E-state index in [1.807, 2.05) is 42.5 Å². The van der Waals surface area contributed by atoms with E-state index in [1.54, 1.807) is 12.1 Å². The van der Waals surface area contributed by atoms with Crippen LogP contribution >= 0.6 is 0 Å². The number of amides is 2. The lowest BCUT2D eigenvalue weighted by atomic mass is 9.85. The molecule has 5 rings (SSSR count). The predicted octanol–water partition coefficient (Wildman–Crippen LogP) is 3.58. The lowest BCUT2D eigenvalue weighted by Gasteiger charge is -2.17. The van der Waals surface area contributed by atoms with Crippen molar-refractivity contribution >= 4 is 17.5 Å². The van der Waals surface area contributed by atoms with Crippen LogP contribution in [-0.2, 0) is 16.2 Å². The van der Waals surface area contributed by atoms with Gasteiger partial charge >= 0.3 is 0 Å². The number of anilines is 1. The quantitative estimate of drug-likeness (QED) is 0.629. The third-order valence-corrected chi connectivity index (χ3v) is 5.81. The molecule has 0 spiro atoms. The average molecular weight is 345 g/mol. The van der Waals surface area contributed by atoms with Gasteiger partial charge in [0.15, 0.2) is 0 Å². The molecule has 26 heavy (non-hydrogen) atoms. The molecule has 0 radical (unpaired) electrons. The maximum absolute atomic E-state index is 12.8. The number of hydrogen-bond donors (Lipinski definition) is 0. The van der Waals surface area contributed by atoms with Crippen molar-refractivity contribution in [3.63, 3.8) is 0 Å². The van der Waals surface area contributed by atoms with Crippen molar-refractivity contribution in [3.8, 4) is 5.75 Å². The minimum Gasteiger partial charge on any atom is -0.489 e. The fourth-order valence-corrected chi connectivity index (χ4v) is 4.59. The molecular weight excluding hydrogens is 326 g/mol. The van der Waals surface area contributed by atoms with Crippen LogP contribution in [-0.4, -0.2) is 11.8 Å². The summed E-state index contributed by atoms with van der Waals surface area (Å²) >= 11 is 0. The van der Waals surface area contributed by atoms with Gasteiger partial charge in [0, 0.05) is 0 Å². The first-order valence-electron chi connectivity index (χ1n) is 9.05. The molecule has 130 valence electrons. The molecule has 1 saturated heterocycles. The molecule has 1 aliphatic heterocycles. The Bertz CT molecular complexity index is 857. The minimum absolute atomic E-state index is 0.0465. The van der Waals surface area contributed by atoms with Crippen LogP contribution in [0.25, 0.3) is 0 Å². The smallest absolute Gasteiger partial charge is 0.238 e. The van der Waals surface area contributed by atoms with Gasteiger partial charge in [-0.05, 0) is 48.1 Å². The fraction of sp³-hybridized carbons (Fsp3) is 0.273. The molecule has 2 aliphatic carbocycles. The third kappa shape index (κ3) is 2.29. The van der Waals surface area contributed by atoms with Crippen LogP contribution in [0, 0.1) is 23.7 Å². The highest BCUT2D eigenvalue weighted by atomic mass is 16.5. The summed E-state index contributed by atoms with van der Waals surface area (Å²) in [5.41, 5.74) is 1.73. The van der Waals surface area contributed by atoms with Crippen molar-refractivity contribution in [1.29, 1.82) is 0 Å². The topological polar surface area (TPSA) is 46.6 Å². The van der Waals surface area contributed by atoms with E-state index in [0.717, 1.165) is 17.7 Å². The molecule has 4 heteroatoms. The lowest BCUT2D eigenvalue weighted by Crippen LogP contribution is -2.32. The number of nitrogens with zero attached hydrogens (tertiary/aromatic N) is 1. The van der Waals surface area contributed by atoms with Gasteiger partial charge in [0.1, 0.15) is 12.4 Å². The van der Waals surface area contributed by atoms with Crippen LogP contribution < -0.4 is 9.64 Å². The fourth-order valence-electron chi connectivity index (χ4n) is 4.59. The number of benzene rings is 2. The van der Waals surface area contributed by atoms with Gasteiger partial charge in [-0.3, -0.25) is 14.5 Å². The molecule has 4 nitrogen and oxygen atoms in total. The van der Waals surface area contributed by atoms with Crippen molar-refractivity contribution in [3.05, 3.63) is 72.3 Å². The molecule has 2 aromatic carbocycles. The Hall–Kier alpha value is -2.88. The van der Waals surface area contributed by atoms with Crippen LogP contribution in [0.3, 0.4) is 0 Å². The first-order chi connectivity index (χ1) is 12.7. The lowest BCUT2D eigenvalue weighted by molar-refractivity contribution is -0.123. The van der Waals surface area contributed by atoms with Gasteiger partial charge in [-0.1, -0.05) is 42.5 Å². The highest BCUT2D eigenvalue weighted by molar-refractivity contribution is 6.22. The van der Waals surface area contributed by atoms with Gasteiger partial charge in [-0.2, -0.15) is 0 Å². The molecule has 0 unspecified atom stereocenters. The Kier molecular flexibility index (Phi) is 3.45. The Balaban J connectivity index is 1.32. The second-order valence-corrected chi connectivity index (χ2v) is 7.28. The largest absolute Gasteiger partial charge is 0.489 e. The van der Waals surface area contributed by atoms with E-state index in [1.165, 1.54) is 4.90 Å². The first kappa shape index (κ1) is 15.4. The second-order valence-electron chi connectivity index (χ2n) is 7.28. The zero-order valence-corrected chi connectivity index (χ0v) is 14.2. The van der Waals surface area contributed by atoms with Crippen molar-refractivity contribution in [2.75, 3.05) is 4.90 Å². The SMILES string of the molecule is O=C1[C@@H]2[C@H](C(=O)N1c1ccc(OCc3ccccc3)cc1)[C@@H]1C=C[C@H]2C1. The number of hydrogen-bond acceptors (Lipinski definition) is 3. The molecule has 2 fully saturated rings. The predicted molar refractivity (Wildman–Crippen MR) is 97.4 cm³/mol. The molecule has 1 heterocycles. The number of fused-ring (bicyclic) bond motifs is 5. The summed E-state index contributed by atoms with van der Waals surface area (Å²) in [5, 5.41) is 0. The number of imide groups is 1. The van der Waals surface area contributed by atoms with Gasteiger partial charge in [-0.25, -0.2) is 0 Å². The molecule has 4 atom stereocenters. The van der Waals surface area contributed by atoms with Crippen LogP contribution in [0.1, 0.15) is 12.0 Å². The van der Waals surface area contributed by atoms with E-state index in [9.17, 15) is 9.59 Å². The Labute approximate surface area is 152 Å². The van der Waals surface area contributed by atoms with Crippen LogP contribution in [0.2, 0.25) is 0 Å². The van der Waals surface area contributed by atoms with Crippen LogP contribution in [0.5, 0.6) is 5.75 Å². The molecule has 0 aromatic heterocycles. The van der Waals surface area contributed by atoms with Gasteiger partial charge in [0.05, 0.1) is 17.5 Å². The molecular formula is C22H19NO3. The second kappa shape index (κ2) is 5.84. The van der Waals surface area contributed by atoms with Crippen LogP contribution in [0.4, 0.5) is 5.69 Å². The summed E-state index contributed by atoms with van der Waals surface area (Å²) in [4.78, 5) is 27.0. The van der Waals surface area contributed by atoms with Crippen molar-refractivity contribution < 1.29 is 14.3 Å². The summed E-state index contributed by atoms with van der Waals surface area (Å²) in [6.07, 6.45) is 5.18. The summed E-state index contributed by atoms with van der Waals surface area (Å²) in [5.74, 6) is 0.779. The standard InChI is InChI=1S/C22H19NO3/c24-21-19-15-6-7-16(12-15)20(19)22(25)23(21)17-8-10-18(11-9-17)26-13-14-4-2-1-3-5-14/h1-11,15-16,19-20H,12-13H2/t15-,16+,19-,20+. The number of ether oxygens (including phenoxy) is 1. The van der Waals surface area contributed by atoms with E-state index in [0.29, 0.717) is 12.3 Å². The number of carbonyl (C=O) groups excluding carboxylic acids is 2.